The first-order valence-corrected chi connectivity index (χ1v) is 8.31. The average Bonchev–Trinajstić information content (AvgIpc) is 3.15. The number of carbonyl (C=O) groups is 1. The minimum absolute atomic E-state index is 0.0163. The van der Waals surface area contributed by atoms with E-state index in [9.17, 15) is 9.18 Å². The molecule has 4 nitrogen and oxygen atoms in total. The Morgan fingerprint density at radius 1 is 1.04 bits per heavy atom. The molecule has 1 heterocycles. The van der Waals surface area contributed by atoms with Crippen molar-refractivity contribution in [2.75, 3.05) is 6.54 Å². The molecule has 0 aliphatic carbocycles. The van der Waals surface area contributed by atoms with Crippen molar-refractivity contribution >= 4 is 5.91 Å². The molecule has 0 spiro atoms. The molecule has 25 heavy (non-hydrogen) atoms. The first-order chi connectivity index (χ1) is 12.2. The van der Waals surface area contributed by atoms with Gasteiger partial charge >= 0.3 is 0 Å². The maximum atomic E-state index is 13.1. The van der Waals surface area contributed by atoms with Crippen molar-refractivity contribution in [2.24, 2.45) is 0 Å². The maximum absolute atomic E-state index is 13.1. The zero-order chi connectivity index (χ0) is 17.5. The molecule has 2 aromatic carbocycles. The molecule has 3 aromatic rings. The molecule has 0 saturated heterocycles. The lowest BCUT2D eigenvalue weighted by Gasteiger charge is -2.07. The summed E-state index contributed by atoms with van der Waals surface area (Å²) in [7, 11) is 0. The van der Waals surface area contributed by atoms with Gasteiger partial charge in [0.1, 0.15) is 5.82 Å². The van der Waals surface area contributed by atoms with Crippen LogP contribution in [-0.2, 0) is 17.6 Å². The van der Waals surface area contributed by atoms with Crippen molar-refractivity contribution in [1.29, 1.82) is 0 Å². The van der Waals surface area contributed by atoms with Gasteiger partial charge < -0.3 is 5.32 Å². The van der Waals surface area contributed by atoms with Crippen LogP contribution in [-0.4, -0.2) is 22.2 Å². The molecule has 0 radical (unpaired) electrons. The van der Waals surface area contributed by atoms with Gasteiger partial charge in [0.25, 0.3) is 0 Å². The lowest BCUT2D eigenvalue weighted by atomic mass is 10.1. The Labute approximate surface area is 146 Å². The van der Waals surface area contributed by atoms with Crippen LogP contribution in [0.4, 0.5) is 4.39 Å². The molecule has 0 aliphatic heterocycles. The van der Waals surface area contributed by atoms with Crippen LogP contribution >= 0.6 is 0 Å². The van der Waals surface area contributed by atoms with Gasteiger partial charge in [0.15, 0.2) is 0 Å². The van der Waals surface area contributed by atoms with Crippen LogP contribution in [0.3, 0.4) is 0 Å². The predicted molar refractivity (Wildman–Crippen MR) is 95.0 cm³/mol. The van der Waals surface area contributed by atoms with E-state index in [2.05, 4.69) is 10.4 Å². The van der Waals surface area contributed by atoms with Crippen LogP contribution in [0.5, 0.6) is 0 Å². The van der Waals surface area contributed by atoms with Crippen molar-refractivity contribution < 1.29 is 9.18 Å². The van der Waals surface area contributed by atoms with Crippen LogP contribution in [0.2, 0.25) is 0 Å². The molecular formula is C20H20FN3O. The number of rotatable bonds is 7. The Kier molecular flexibility index (Phi) is 5.57. The number of hydrogen-bond donors (Lipinski definition) is 1. The molecule has 1 N–H and O–H groups in total. The third-order valence-corrected chi connectivity index (χ3v) is 3.97. The van der Waals surface area contributed by atoms with Gasteiger partial charge in [-0.05, 0) is 54.3 Å². The summed E-state index contributed by atoms with van der Waals surface area (Å²) in [5.74, 6) is -0.283. The summed E-state index contributed by atoms with van der Waals surface area (Å²) in [5.41, 5.74) is 3.00. The lowest BCUT2D eigenvalue weighted by molar-refractivity contribution is -0.121. The van der Waals surface area contributed by atoms with E-state index in [1.807, 2.05) is 42.6 Å². The van der Waals surface area contributed by atoms with Crippen LogP contribution in [0, 0.1) is 5.82 Å². The summed E-state index contributed by atoms with van der Waals surface area (Å²) < 4.78 is 14.9. The van der Waals surface area contributed by atoms with E-state index < -0.39 is 0 Å². The van der Waals surface area contributed by atoms with Crippen molar-refractivity contribution in [3.63, 3.8) is 0 Å². The molecule has 0 saturated carbocycles. The first-order valence-electron chi connectivity index (χ1n) is 8.31. The molecule has 5 heteroatoms. The second-order valence-electron chi connectivity index (χ2n) is 5.85. The van der Waals surface area contributed by atoms with Crippen LogP contribution in [0.1, 0.15) is 17.5 Å². The summed E-state index contributed by atoms with van der Waals surface area (Å²) in [6.07, 6.45) is 5.32. The van der Waals surface area contributed by atoms with Crippen molar-refractivity contribution in [1.82, 2.24) is 15.1 Å². The maximum Gasteiger partial charge on any atom is 0.220 e. The second-order valence-corrected chi connectivity index (χ2v) is 5.85. The molecule has 3 rings (SSSR count). The fourth-order valence-corrected chi connectivity index (χ4v) is 2.62. The third kappa shape index (κ3) is 5.01. The number of hydrogen-bond acceptors (Lipinski definition) is 2. The predicted octanol–water partition coefficient (Wildman–Crippen LogP) is 3.30. The largest absolute Gasteiger partial charge is 0.356 e. The third-order valence-electron chi connectivity index (χ3n) is 3.97. The topological polar surface area (TPSA) is 46.9 Å². The average molecular weight is 337 g/mol. The SMILES string of the molecule is O=C(CCc1cccc(F)c1)NCCc1ccc(-n2cccn2)cc1. The number of benzene rings is 2. The minimum atomic E-state index is -0.267. The van der Waals surface area contributed by atoms with Gasteiger partial charge in [-0.2, -0.15) is 5.10 Å². The molecule has 1 aromatic heterocycles. The molecule has 1 amide bonds. The zero-order valence-corrected chi connectivity index (χ0v) is 13.9. The fourth-order valence-electron chi connectivity index (χ4n) is 2.62. The molecule has 0 bridgehead atoms. The van der Waals surface area contributed by atoms with E-state index in [1.165, 1.54) is 12.1 Å². The number of aryl methyl sites for hydroxylation is 1. The van der Waals surface area contributed by atoms with E-state index >= 15 is 0 Å². The standard InChI is InChI=1S/C20H20FN3O/c21-18-4-1-3-17(15-18)7-10-20(25)22-13-11-16-5-8-19(9-6-16)24-14-2-12-23-24/h1-6,8-9,12,14-15H,7,10-11,13H2,(H,22,25). The Morgan fingerprint density at radius 3 is 2.60 bits per heavy atom. The summed E-state index contributed by atoms with van der Waals surface area (Å²) in [5, 5.41) is 7.10. The number of carbonyl (C=O) groups excluding carboxylic acids is 1. The van der Waals surface area contributed by atoms with Crippen LogP contribution < -0.4 is 5.32 Å². The Hall–Kier alpha value is -2.95. The van der Waals surface area contributed by atoms with Crippen molar-refractivity contribution in [2.45, 2.75) is 19.3 Å². The van der Waals surface area contributed by atoms with E-state index in [-0.39, 0.29) is 11.7 Å². The van der Waals surface area contributed by atoms with Crippen molar-refractivity contribution in [3.05, 3.63) is 83.9 Å². The number of amides is 1. The highest BCUT2D eigenvalue weighted by atomic mass is 19.1. The second kappa shape index (κ2) is 8.24. The Balaban J connectivity index is 1.41. The zero-order valence-electron chi connectivity index (χ0n) is 13.9. The number of nitrogens with zero attached hydrogens (tertiary/aromatic N) is 2. The van der Waals surface area contributed by atoms with Gasteiger partial charge in [-0.15, -0.1) is 0 Å². The van der Waals surface area contributed by atoms with Gasteiger partial charge in [0.2, 0.25) is 5.91 Å². The van der Waals surface area contributed by atoms with Crippen molar-refractivity contribution in [3.8, 4) is 5.69 Å². The van der Waals surface area contributed by atoms with Gasteiger partial charge in [-0.25, -0.2) is 9.07 Å². The Bertz CT molecular complexity index is 813. The molecule has 128 valence electrons. The minimum Gasteiger partial charge on any atom is -0.356 e. The summed E-state index contributed by atoms with van der Waals surface area (Å²) in [6, 6.07) is 16.3. The van der Waals surface area contributed by atoms with Crippen LogP contribution in [0.15, 0.2) is 67.0 Å². The quantitative estimate of drug-likeness (QED) is 0.719. The summed E-state index contributed by atoms with van der Waals surface area (Å²) in [4.78, 5) is 11.9. The Morgan fingerprint density at radius 2 is 1.88 bits per heavy atom. The first kappa shape index (κ1) is 16.9. The van der Waals surface area contributed by atoms with Crippen LogP contribution in [0.25, 0.3) is 5.69 Å². The summed E-state index contributed by atoms with van der Waals surface area (Å²) in [6.45, 7) is 0.586. The highest BCUT2D eigenvalue weighted by Gasteiger charge is 2.03. The normalized spacial score (nSPS) is 10.6. The summed E-state index contributed by atoms with van der Waals surface area (Å²) >= 11 is 0. The monoisotopic (exact) mass is 337 g/mol. The van der Waals surface area contributed by atoms with Gasteiger partial charge in [-0.3, -0.25) is 4.79 Å². The number of halogens is 1. The molecule has 0 atom stereocenters. The highest BCUT2D eigenvalue weighted by molar-refractivity contribution is 5.76. The highest BCUT2D eigenvalue weighted by Crippen LogP contribution is 2.09. The molecule has 0 aliphatic rings. The molecule has 0 fully saturated rings. The van der Waals surface area contributed by atoms with E-state index in [4.69, 9.17) is 0 Å². The van der Waals surface area contributed by atoms with E-state index in [0.29, 0.717) is 19.4 Å². The number of nitrogens with one attached hydrogen (secondary N) is 1. The van der Waals surface area contributed by atoms with Gasteiger partial charge in [0, 0.05) is 25.4 Å². The fraction of sp³-hybridized carbons (Fsp3) is 0.200. The molecule has 0 unspecified atom stereocenters. The lowest BCUT2D eigenvalue weighted by Crippen LogP contribution is -2.25. The number of aromatic nitrogens is 2. The van der Waals surface area contributed by atoms with E-state index in [0.717, 1.165) is 23.2 Å². The van der Waals surface area contributed by atoms with E-state index in [1.54, 1.807) is 16.9 Å². The van der Waals surface area contributed by atoms with Gasteiger partial charge in [0.05, 0.1) is 5.69 Å². The smallest absolute Gasteiger partial charge is 0.220 e. The van der Waals surface area contributed by atoms with Gasteiger partial charge in [-0.1, -0.05) is 24.3 Å². The molecular weight excluding hydrogens is 317 g/mol.